The average molecular weight is 701 g/mol. The number of rotatable bonds is 15. The second kappa shape index (κ2) is 16.2. The van der Waals surface area contributed by atoms with Gasteiger partial charge in [-0.3, -0.25) is 4.72 Å². The molecule has 5 rings (SSSR count). The van der Waals surface area contributed by atoms with Crippen molar-refractivity contribution in [1.29, 1.82) is 0 Å². The van der Waals surface area contributed by atoms with E-state index in [2.05, 4.69) is 21.8 Å². The third-order valence-corrected chi connectivity index (χ3v) is 9.83. The van der Waals surface area contributed by atoms with Crippen LogP contribution in [0.2, 0.25) is 0 Å². The summed E-state index contributed by atoms with van der Waals surface area (Å²) in [4.78, 5) is 26.9. The van der Waals surface area contributed by atoms with Crippen molar-refractivity contribution in [2.45, 2.75) is 65.1 Å². The molecule has 1 unspecified atom stereocenters. The summed E-state index contributed by atoms with van der Waals surface area (Å²) < 4.78 is 38.1. The summed E-state index contributed by atoms with van der Waals surface area (Å²) in [7, 11) is -3.43. The van der Waals surface area contributed by atoms with Gasteiger partial charge in [0.2, 0.25) is 10.0 Å². The zero-order valence-electron chi connectivity index (χ0n) is 28.9. The molecular weight excluding hydrogens is 655 g/mol. The lowest BCUT2D eigenvalue weighted by atomic mass is 10.1. The number of benzene rings is 4. The SMILES string of the molecule is Cc1c(NS(C)(=O)=O)cccc1N(Cc1ccccc1)Cc1ccc(Oc2ccc(OCCCCC(=O)[N+]3(C(=O)O)CCC[C@H]3C)cc2)cc1. The van der Waals surface area contributed by atoms with Crippen molar-refractivity contribution in [2.24, 2.45) is 0 Å². The molecule has 2 N–H and O–H groups in total. The molecule has 0 aromatic heterocycles. The molecule has 0 radical (unpaired) electrons. The summed E-state index contributed by atoms with van der Waals surface area (Å²) in [6.07, 6.45) is 3.07. The fraction of sp³-hybridized carbons (Fsp3) is 0.333. The van der Waals surface area contributed by atoms with Gasteiger partial charge in [0, 0.05) is 31.6 Å². The second-order valence-corrected chi connectivity index (χ2v) is 14.7. The van der Waals surface area contributed by atoms with E-state index in [0.29, 0.717) is 62.0 Å². The Bertz CT molecular complexity index is 1870. The van der Waals surface area contributed by atoms with E-state index >= 15 is 0 Å². The van der Waals surface area contributed by atoms with Crippen LogP contribution in [-0.2, 0) is 27.9 Å². The van der Waals surface area contributed by atoms with Crippen LogP contribution in [0, 0.1) is 6.92 Å². The fourth-order valence-corrected chi connectivity index (χ4v) is 7.16. The van der Waals surface area contributed by atoms with E-state index in [4.69, 9.17) is 9.47 Å². The first kappa shape index (κ1) is 36.4. The maximum Gasteiger partial charge on any atom is 0.521 e. The highest BCUT2D eigenvalue weighted by Gasteiger charge is 2.52. The molecular formula is C39H46N3O7S+. The van der Waals surface area contributed by atoms with Gasteiger partial charge in [-0.2, -0.15) is 9.28 Å². The van der Waals surface area contributed by atoms with Crippen LogP contribution >= 0.6 is 0 Å². The molecule has 1 fully saturated rings. The molecule has 1 saturated heterocycles. The number of ether oxygens (including phenoxy) is 2. The minimum Gasteiger partial charge on any atom is -0.494 e. The molecule has 4 aromatic rings. The Morgan fingerprint density at radius 3 is 2.08 bits per heavy atom. The van der Waals surface area contributed by atoms with Gasteiger partial charge in [-0.05, 0) is 91.9 Å². The third kappa shape index (κ3) is 9.22. The van der Waals surface area contributed by atoms with E-state index in [1.165, 1.54) is 0 Å². The van der Waals surface area contributed by atoms with Crippen LogP contribution in [0.25, 0.3) is 0 Å². The van der Waals surface area contributed by atoms with Crippen LogP contribution in [0.5, 0.6) is 17.2 Å². The van der Waals surface area contributed by atoms with E-state index in [1.54, 1.807) is 6.07 Å². The number of carbonyl (C=O) groups excluding carboxylic acids is 1. The molecule has 2 amide bonds. The van der Waals surface area contributed by atoms with Crippen LogP contribution < -0.4 is 19.1 Å². The number of unbranched alkanes of at least 4 members (excludes halogenated alkanes) is 1. The Labute approximate surface area is 294 Å². The second-order valence-electron chi connectivity index (χ2n) is 12.9. The Morgan fingerprint density at radius 2 is 1.48 bits per heavy atom. The van der Waals surface area contributed by atoms with E-state index in [-0.39, 0.29) is 18.4 Å². The minimum atomic E-state index is -3.43. The quantitative estimate of drug-likeness (QED) is 0.0942. The zero-order valence-corrected chi connectivity index (χ0v) is 29.7. The number of hydrogen-bond acceptors (Lipinski definition) is 7. The number of nitrogens with zero attached hydrogens (tertiary/aromatic N) is 2. The largest absolute Gasteiger partial charge is 0.521 e. The maximum atomic E-state index is 12.8. The highest BCUT2D eigenvalue weighted by Crippen LogP contribution is 2.32. The van der Waals surface area contributed by atoms with Gasteiger partial charge in [-0.1, -0.05) is 48.5 Å². The van der Waals surface area contributed by atoms with Gasteiger partial charge >= 0.3 is 12.0 Å². The predicted octanol–water partition coefficient (Wildman–Crippen LogP) is 8.12. The number of hydrogen-bond donors (Lipinski definition) is 2. The van der Waals surface area contributed by atoms with Crippen molar-refractivity contribution in [2.75, 3.05) is 29.0 Å². The third-order valence-electron chi connectivity index (χ3n) is 9.24. The van der Waals surface area contributed by atoms with Crippen LogP contribution in [0.1, 0.15) is 55.7 Å². The van der Waals surface area contributed by atoms with Gasteiger partial charge in [0.15, 0.2) is 0 Å². The van der Waals surface area contributed by atoms with E-state index in [0.717, 1.165) is 41.5 Å². The van der Waals surface area contributed by atoms with E-state index in [9.17, 15) is 23.1 Å². The normalized spacial score (nSPS) is 17.2. The Kier molecular flexibility index (Phi) is 11.8. The molecule has 2 atom stereocenters. The van der Waals surface area contributed by atoms with Gasteiger partial charge in [-0.15, -0.1) is 0 Å². The molecule has 11 heteroatoms. The molecule has 10 nitrogen and oxygen atoms in total. The standard InChI is InChI=1S/C39H45N3O7S/c1-29-11-10-25-42(29,39(44)45)38(43)16-7-8-26-48-33-21-23-35(24-22-33)49-34-19-17-32(18-20-34)28-41(27-31-12-5-4-6-13-31)37-15-9-14-36(30(37)2)40-50(3,46)47/h4-6,9,12-15,17-24,29,40H,7-8,10-11,16,25-28H2,1-3H3/p+1/t29-,42?/m1/s1. The summed E-state index contributed by atoms with van der Waals surface area (Å²) >= 11 is 0. The van der Waals surface area contributed by atoms with Gasteiger partial charge < -0.3 is 19.5 Å². The molecule has 0 spiro atoms. The number of likely N-dealkylation sites (tertiary alicyclic amines) is 1. The first-order valence-electron chi connectivity index (χ1n) is 17.0. The number of quaternary nitrogens is 1. The number of anilines is 2. The molecule has 1 aliphatic rings. The van der Waals surface area contributed by atoms with Crippen LogP contribution in [-0.4, -0.2) is 55.5 Å². The Hall–Kier alpha value is -4.87. The molecule has 4 aromatic carbocycles. The molecule has 0 saturated carbocycles. The first-order valence-corrected chi connectivity index (χ1v) is 18.8. The van der Waals surface area contributed by atoms with Crippen molar-refractivity contribution >= 4 is 33.4 Å². The zero-order chi connectivity index (χ0) is 35.7. The number of sulfonamides is 1. The maximum absolute atomic E-state index is 12.8. The lowest BCUT2D eigenvalue weighted by molar-refractivity contribution is -0.792. The fourth-order valence-electron chi connectivity index (χ4n) is 6.54. The average Bonchev–Trinajstić information content (AvgIpc) is 3.49. The lowest BCUT2D eigenvalue weighted by Crippen LogP contribution is -2.58. The monoisotopic (exact) mass is 700 g/mol. The van der Waals surface area contributed by atoms with Crippen molar-refractivity contribution in [3.8, 4) is 17.2 Å². The molecule has 1 aliphatic heterocycles. The molecule has 0 aliphatic carbocycles. The van der Waals surface area contributed by atoms with E-state index in [1.807, 2.05) is 92.7 Å². The Morgan fingerprint density at radius 1 is 0.860 bits per heavy atom. The number of carbonyl (C=O) groups is 2. The Balaban J connectivity index is 1.15. The van der Waals surface area contributed by atoms with Gasteiger partial charge in [0.25, 0.3) is 0 Å². The molecule has 264 valence electrons. The minimum absolute atomic E-state index is 0.183. The van der Waals surface area contributed by atoms with Crippen molar-refractivity contribution in [3.05, 3.63) is 114 Å². The summed E-state index contributed by atoms with van der Waals surface area (Å²) in [5.41, 5.74) is 4.53. The van der Waals surface area contributed by atoms with Gasteiger partial charge in [-0.25, -0.2) is 13.2 Å². The van der Waals surface area contributed by atoms with Crippen LogP contribution in [0.4, 0.5) is 16.2 Å². The topological polar surface area (TPSA) is 122 Å². The highest BCUT2D eigenvalue weighted by atomic mass is 32.2. The number of carboxylic acid groups (broad SMARTS) is 1. The van der Waals surface area contributed by atoms with Crippen molar-refractivity contribution < 1.29 is 37.1 Å². The van der Waals surface area contributed by atoms with Gasteiger partial charge in [0.05, 0.1) is 31.5 Å². The van der Waals surface area contributed by atoms with Crippen LogP contribution in [0.15, 0.2) is 97.1 Å². The van der Waals surface area contributed by atoms with Crippen molar-refractivity contribution in [3.63, 3.8) is 0 Å². The summed E-state index contributed by atoms with van der Waals surface area (Å²) in [5, 5.41) is 9.74. The van der Waals surface area contributed by atoms with E-state index < -0.39 is 20.6 Å². The smallest absolute Gasteiger partial charge is 0.494 e. The molecule has 50 heavy (non-hydrogen) atoms. The lowest BCUT2D eigenvalue weighted by Gasteiger charge is -2.29. The highest BCUT2D eigenvalue weighted by molar-refractivity contribution is 7.92. The molecule has 0 bridgehead atoms. The van der Waals surface area contributed by atoms with Crippen LogP contribution in [0.3, 0.4) is 0 Å². The summed E-state index contributed by atoms with van der Waals surface area (Å²) in [6.45, 7) is 5.80. The first-order chi connectivity index (χ1) is 23.9. The number of nitrogens with one attached hydrogen (secondary N) is 1. The summed E-state index contributed by atoms with van der Waals surface area (Å²) in [5.74, 6) is 1.82. The molecule has 1 heterocycles. The predicted molar refractivity (Wildman–Crippen MR) is 195 cm³/mol. The number of amides is 2. The van der Waals surface area contributed by atoms with Crippen molar-refractivity contribution in [1.82, 2.24) is 0 Å². The summed E-state index contributed by atoms with van der Waals surface area (Å²) in [6, 6.07) is 30.8. The number of imide groups is 1. The van der Waals surface area contributed by atoms with Gasteiger partial charge in [0.1, 0.15) is 23.3 Å².